The van der Waals surface area contributed by atoms with Crippen LogP contribution in [0.25, 0.3) is 11.3 Å². The minimum atomic E-state index is -0.352. The number of rotatable bonds is 8. The number of benzene rings is 2. The Morgan fingerprint density at radius 3 is 2.74 bits per heavy atom. The molecule has 7 heteroatoms. The summed E-state index contributed by atoms with van der Waals surface area (Å²) >= 11 is 3.36. The van der Waals surface area contributed by atoms with Gasteiger partial charge in [0.1, 0.15) is 24.8 Å². The molecule has 0 aliphatic heterocycles. The lowest BCUT2D eigenvalue weighted by molar-refractivity contribution is -0.144. The summed E-state index contributed by atoms with van der Waals surface area (Å²) in [5.41, 5.74) is 0.724. The molecule has 0 fully saturated rings. The zero-order valence-corrected chi connectivity index (χ0v) is 15.9. The van der Waals surface area contributed by atoms with Gasteiger partial charge < -0.3 is 13.9 Å². The molecule has 3 rings (SSSR count). The fourth-order valence-corrected chi connectivity index (χ4v) is 2.70. The maximum Gasteiger partial charge on any atom is 0.306 e. The number of aryl methyl sites for hydroxylation is 1. The first-order valence-electron chi connectivity index (χ1n) is 8.35. The van der Waals surface area contributed by atoms with E-state index in [1.54, 1.807) is 18.3 Å². The van der Waals surface area contributed by atoms with Crippen LogP contribution in [-0.4, -0.2) is 24.2 Å². The van der Waals surface area contributed by atoms with E-state index in [4.69, 9.17) is 13.9 Å². The van der Waals surface area contributed by atoms with E-state index in [0.29, 0.717) is 23.8 Å². The predicted molar refractivity (Wildman–Crippen MR) is 101 cm³/mol. The van der Waals surface area contributed by atoms with Gasteiger partial charge in [0.2, 0.25) is 0 Å². The molecule has 3 aromatic rings. The van der Waals surface area contributed by atoms with Crippen LogP contribution in [0, 0.1) is 5.82 Å². The van der Waals surface area contributed by atoms with Gasteiger partial charge in [0.05, 0.1) is 12.6 Å². The average Bonchev–Trinajstić information content (AvgIpc) is 3.13. The van der Waals surface area contributed by atoms with Crippen LogP contribution < -0.4 is 4.74 Å². The topological polar surface area (TPSA) is 61.6 Å². The van der Waals surface area contributed by atoms with Gasteiger partial charge in [0, 0.05) is 16.5 Å². The molecule has 0 radical (unpaired) electrons. The number of hydrogen-bond acceptors (Lipinski definition) is 5. The maximum absolute atomic E-state index is 13.0. The molecular formula is C20H17BrFNO4. The van der Waals surface area contributed by atoms with Gasteiger partial charge in [-0.15, -0.1) is 0 Å². The van der Waals surface area contributed by atoms with E-state index in [9.17, 15) is 9.18 Å². The molecule has 1 heterocycles. The first-order chi connectivity index (χ1) is 13.1. The molecule has 2 aromatic carbocycles. The van der Waals surface area contributed by atoms with Gasteiger partial charge in [-0.3, -0.25) is 4.79 Å². The SMILES string of the molecule is O=C(CCc1ncc(-c2ccc(F)cc2)o1)OCCOc1cccc(Br)c1. The second-order valence-corrected chi connectivity index (χ2v) is 6.57. The third kappa shape index (κ3) is 5.92. The summed E-state index contributed by atoms with van der Waals surface area (Å²) in [4.78, 5) is 15.9. The Bertz CT molecular complexity index is 895. The van der Waals surface area contributed by atoms with Gasteiger partial charge >= 0.3 is 5.97 Å². The second-order valence-electron chi connectivity index (χ2n) is 5.65. The molecule has 27 heavy (non-hydrogen) atoms. The lowest BCUT2D eigenvalue weighted by Gasteiger charge is -2.07. The molecule has 0 amide bonds. The van der Waals surface area contributed by atoms with Crippen LogP contribution in [0.15, 0.2) is 63.6 Å². The van der Waals surface area contributed by atoms with Crippen LogP contribution in [0.3, 0.4) is 0 Å². The van der Waals surface area contributed by atoms with Crippen LogP contribution in [0.1, 0.15) is 12.3 Å². The summed E-state index contributed by atoms with van der Waals surface area (Å²) < 4.78 is 30.1. The largest absolute Gasteiger partial charge is 0.490 e. The Morgan fingerprint density at radius 2 is 1.96 bits per heavy atom. The first kappa shape index (κ1) is 19.1. The highest BCUT2D eigenvalue weighted by atomic mass is 79.9. The molecule has 0 atom stereocenters. The van der Waals surface area contributed by atoms with E-state index in [1.807, 2.05) is 24.3 Å². The zero-order valence-electron chi connectivity index (χ0n) is 14.4. The average molecular weight is 434 g/mol. The van der Waals surface area contributed by atoms with E-state index in [0.717, 1.165) is 10.0 Å². The smallest absolute Gasteiger partial charge is 0.306 e. The van der Waals surface area contributed by atoms with Crippen LogP contribution >= 0.6 is 15.9 Å². The number of hydrogen-bond donors (Lipinski definition) is 0. The summed E-state index contributed by atoms with van der Waals surface area (Å²) in [5.74, 6) is 0.991. The van der Waals surface area contributed by atoms with Gasteiger partial charge in [-0.2, -0.15) is 0 Å². The van der Waals surface area contributed by atoms with Gasteiger partial charge in [-0.25, -0.2) is 9.37 Å². The summed E-state index contributed by atoms with van der Waals surface area (Å²) in [6, 6.07) is 13.4. The monoisotopic (exact) mass is 433 g/mol. The van der Waals surface area contributed by atoms with Crippen molar-refractivity contribution in [2.24, 2.45) is 0 Å². The van der Waals surface area contributed by atoms with Gasteiger partial charge in [-0.05, 0) is 42.5 Å². The fourth-order valence-electron chi connectivity index (χ4n) is 2.33. The first-order valence-corrected chi connectivity index (χ1v) is 9.14. The van der Waals surface area contributed by atoms with E-state index in [1.165, 1.54) is 12.1 Å². The van der Waals surface area contributed by atoms with E-state index in [-0.39, 0.29) is 31.4 Å². The highest BCUT2D eigenvalue weighted by Crippen LogP contribution is 2.21. The van der Waals surface area contributed by atoms with Gasteiger partial charge in [0.15, 0.2) is 11.7 Å². The van der Waals surface area contributed by atoms with E-state index >= 15 is 0 Å². The van der Waals surface area contributed by atoms with Crippen molar-refractivity contribution in [3.8, 4) is 17.1 Å². The molecule has 0 spiro atoms. The van der Waals surface area contributed by atoms with Crippen molar-refractivity contribution < 1.29 is 23.1 Å². The van der Waals surface area contributed by atoms with Gasteiger partial charge in [-0.1, -0.05) is 22.0 Å². The number of esters is 1. The number of halogens is 2. The molecule has 0 N–H and O–H groups in total. The molecule has 0 saturated carbocycles. The summed E-state index contributed by atoms with van der Waals surface area (Å²) in [6.07, 6.45) is 2.03. The summed E-state index contributed by atoms with van der Waals surface area (Å²) in [7, 11) is 0. The highest BCUT2D eigenvalue weighted by Gasteiger charge is 2.10. The summed E-state index contributed by atoms with van der Waals surface area (Å²) in [6.45, 7) is 0.438. The molecule has 0 bridgehead atoms. The summed E-state index contributed by atoms with van der Waals surface area (Å²) in [5, 5.41) is 0. The zero-order chi connectivity index (χ0) is 19.1. The Balaban J connectivity index is 1.38. The lowest BCUT2D eigenvalue weighted by Crippen LogP contribution is -2.12. The number of oxazole rings is 1. The molecule has 0 saturated heterocycles. The molecule has 0 aliphatic carbocycles. The number of aromatic nitrogens is 1. The van der Waals surface area contributed by atoms with Crippen LogP contribution in [-0.2, 0) is 16.0 Å². The van der Waals surface area contributed by atoms with Gasteiger partial charge in [0.25, 0.3) is 0 Å². The van der Waals surface area contributed by atoms with Crippen molar-refractivity contribution in [3.05, 3.63) is 70.9 Å². The van der Waals surface area contributed by atoms with Crippen molar-refractivity contribution >= 4 is 21.9 Å². The molecule has 140 valence electrons. The maximum atomic E-state index is 13.0. The van der Waals surface area contributed by atoms with Crippen molar-refractivity contribution in [1.82, 2.24) is 4.98 Å². The molecule has 1 aromatic heterocycles. The standard InChI is InChI=1S/C20H17BrFNO4/c21-15-2-1-3-17(12-15)25-10-11-26-20(24)9-8-19-23-13-18(27-19)14-4-6-16(22)7-5-14/h1-7,12-13H,8-11H2. The predicted octanol–water partition coefficient (Wildman–Crippen LogP) is 4.80. The molecule has 0 aliphatic rings. The van der Waals surface area contributed by atoms with Crippen molar-refractivity contribution in [2.75, 3.05) is 13.2 Å². The third-order valence-corrected chi connectivity index (χ3v) is 4.13. The minimum absolute atomic E-state index is 0.153. The normalized spacial score (nSPS) is 10.6. The van der Waals surface area contributed by atoms with Crippen molar-refractivity contribution in [2.45, 2.75) is 12.8 Å². The quantitative estimate of drug-likeness (QED) is 0.377. The number of carbonyl (C=O) groups excluding carboxylic acids is 1. The van der Waals surface area contributed by atoms with Crippen LogP contribution in [0.4, 0.5) is 4.39 Å². The third-order valence-electron chi connectivity index (χ3n) is 3.64. The highest BCUT2D eigenvalue weighted by molar-refractivity contribution is 9.10. The molecule has 5 nitrogen and oxygen atoms in total. The number of ether oxygens (including phenoxy) is 2. The number of carbonyl (C=O) groups is 1. The Labute approximate surface area is 164 Å². The number of nitrogens with zero attached hydrogens (tertiary/aromatic N) is 1. The fraction of sp³-hybridized carbons (Fsp3) is 0.200. The molecule has 0 unspecified atom stereocenters. The van der Waals surface area contributed by atoms with Crippen LogP contribution in [0.2, 0.25) is 0 Å². The Kier molecular flexibility index (Phi) is 6.59. The van der Waals surface area contributed by atoms with E-state index < -0.39 is 0 Å². The van der Waals surface area contributed by atoms with E-state index in [2.05, 4.69) is 20.9 Å². The van der Waals surface area contributed by atoms with Crippen molar-refractivity contribution in [3.63, 3.8) is 0 Å². The lowest BCUT2D eigenvalue weighted by atomic mass is 10.2. The second kappa shape index (κ2) is 9.32. The van der Waals surface area contributed by atoms with Crippen LogP contribution in [0.5, 0.6) is 5.75 Å². The Hall–Kier alpha value is -2.67. The minimum Gasteiger partial charge on any atom is -0.490 e. The van der Waals surface area contributed by atoms with Crippen molar-refractivity contribution in [1.29, 1.82) is 0 Å². The molecular weight excluding hydrogens is 417 g/mol. The Morgan fingerprint density at radius 1 is 1.15 bits per heavy atom.